The van der Waals surface area contributed by atoms with Crippen molar-refractivity contribution >= 4 is 27.5 Å². The summed E-state index contributed by atoms with van der Waals surface area (Å²) in [6.07, 6.45) is 1.74. The Kier molecular flexibility index (Phi) is 4.57. The minimum absolute atomic E-state index is 0.0245. The number of fused-ring (bicyclic) bond motifs is 1. The van der Waals surface area contributed by atoms with Crippen LogP contribution in [0.1, 0.15) is 30.3 Å². The number of aromatic amines is 1. The van der Waals surface area contributed by atoms with Crippen LogP contribution in [-0.4, -0.2) is 33.9 Å². The van der Waals surface area contributed by atoms with Crippen molar-refractivity contribution in [1.82, 2.24) is 20.2 Å². The molecular weight excluding hydrogens is 348 g/mol. The smallest absolute Gasteiger partial charge is 0.268 e. The highest BCUT2D eigenvalue weighted by Crippen LogP contribution is 2.27. The summed E-state index contributed by atoms with van der Waals surface area (Å²) >= 11 is 1.37. The number of hydrogen-bond donors (Lipinski definition) is 2. The minimum Gasteiger partial charge on any atom is -0.337 e. The average molecular weight is 368 g/mol. The van der Waals surface area contributed by atoms with E-state index in [-0.39, 0.29) is 30.1 Å². The molecule has 6 nitrogen and oxygen atoms in total. The van der Waals surface area contributed by atoms with Gasteiger partial charge in [-0.2, -0.15) is 0 Å². The normalized spacial score (nSPS) is 19.7. The van der Waals surface area contributed by atoms with Crippen LogP contribution in [0.2, 0.25) is 0 Å². The van der Waals surface area contributed by atoms with E-state index in [9.17, 15) is 9.59 Å². The second kappa shape index (κ2) is 7.01. The molecule has 26 heavy (non-hydrogen) atoms. The zero-order valence-corrected chi connectivity index (χ0v) is 15.3. The summed E-state index contributed by atoms with van der Waals surface area (Å²) in [6.45, 7) is 0.286. The van der Waals surface area contributed by atoms with Gasteiger partial charge in [0.05, 0.1) is 18.1 Å². The Morgan fingerprint density at radius 2 is 2.08 bits per heavy atom. The van der Waals surface area contributed by atoms with Crippen LogP contribution >= 0.6 is 11.3 Å². The van der Waals surface area contributed by atoms with Gasteiger partial charge < -0.3 is 9.88 Å². The third kappa shape index (κ3) is 3.27. The maximum atomic E-state index is 12.8. The molecule has 134 valence electrons. The molecule has 1 saturated heterocycles. The van der Waals surface area contributed by atoms with Crippen LogP contribution in [0.15, 0.2) is 46.6 Å². The second-order valence-corrected chi connectivity index (χ2v) is 7.52. The van der Waals surface area contributed by atoms with Gasteiger partial charge in [0, 0.05) is 13.1 Å². The van der Waals surface area contributed by atoms with Crippen molar-refractivity contribution in [1.29, 1.82) is 0 Å². The lowest BCUT2D eigenvalue weighted by molar-refractivity contribution is -0.132. The number of amides is 1. The first kappa shape index (κ1) is 16.9. The van der Waals surface area contributed by atoms with Crippen molar-refractivity contribution < 1.29 is 4.79 Å². The molecule has 0 bridgehead atoms. The summed E-state index contributed by atoms with van der Waals surface area (Å²) in [6, 6.07) is 12.0. The fraction of sp³-hybridized carbons (Fsp3) is 0.316. The standard InChI is InChI=1S/C19H20N4O2S/c1-23(11-16-21-14-9-10-26-17(14)18(24)22-16)19(25)15-8-7-13(20-15)12-5-3-2-4-6-12/h2-6,9-10,13,15,20H,7-8,11H2,1H3,(H,21,22,24)/t13-,15-/m1/s1. The number of carbonyl (C=O) groups excluding carboxylic acids is 1. The predicted molar refractivity (Wildman–Crippen MR) is 102 cm³/mol. The topological polar surface area (TPSA) is 78.1 Å². The Balaban J connectivity index is 1.43. The first-order chi connectivity index (χ1) is 12.6. The van der Waals surface area contributed by atoms with Crippen LogP contribution in [0.25, 0.3) is 10.2 Å². The van der Waals surface area contributed by atoms with Crippen molar-refractivity contribution in [3.63, 3.8) is 0 Å². The Hall–Kier alpha value is -2.51. The lowest BCUT2D eigenvalue weighted by atomic mass is 10.1. The molecule has 1 aliphatic rings. The summed E-state index contributed by atoms with van der Waals surface area (Å²) in [7, 11) is 1.75. The molecule has 0 spiro atoms. The zero-order valence-electron chi connectivity index (χ0n) is 14.4. The molecule has 0 saturated carbocycles. The molecule has 2 aromatic heterocycles. The number of aromatic nitrogens is 2. The van der Waals surface area contributed by atoms with E-state index in [4.69, 9.17) is 0 Å². The average Bonchev–Trinajstić information content (AvgIpc) is 3.31. The van der Waals surface area contributed by atoms with Gasteiger partial charge in [0.25, 0.3) is 5.56 Å². The van der Waals surface area contributed by atoms with Crippen LogP contribution in [0.5, 0.6) is 0 Å². The number of nitrogens with zero attached hydrogens (tertiary/aromatic N) is 2. The molecule has 2 N–H and O–H groups in total. The number of thiophene rings is 1. The SMILES string of the molecule is CN(Cc1nc2ccsc2c(=O)[nH]1)C(=O)[C@H]1CC[C@H](c2ccccc2)N1. The molecule has 2 atom stereocenters. The zero-order chi connectivity index (χ0) is 18.1. The molecule has 0 unspecified atom stereocenters. The predicted octanol–water partition coefficient (Wildman–Crippen LogP) is 2.44. The Bertz CT molecular complexity index is 982. The van der Waals surface area contributed by atoms with Crippen LogP contribution in [0.3, 0.4) is 0 Å². The Morgan fingerprint density at radius 3 is 2.88 bits per heavy atom. The van der Waals surface area contributed by atoms with E-state index >= 15 is 0 Å². The number of H-pyrrole nitrogens is 1. The quantitative estimate of drug-likeness (QED) is 0.741. The highest BCUT2D eigenvalue weighted by molar-refractivity contribution is 7.17. The van der Waals surface area contributed by atoms with E-state index in [0.717, 1.165) is 12.8 Å². The fourth-order valence-electron chi connectivity index (χ4n) is 3.45. The first-order valence-electron chi connectivity index (χ1n) is 8.64. The number of nitrogens with one attached hydrogen (secondary N) is 2. The lowest BCUT2D eigenvalue weighted by Crippen LogP contribution is -2.42. The highest BCUT2D eigenvalue weighted by atomic mass is 32.1. The molecule has 1 fully saturated rings. The van der Waals surface area contributed by atoms with E-state index in [2.05, 4.69) is 27.4 Å². The Labute approximate surface area is 154 Å². The molecule has 3 aromatic rings. The number of benzene rings is 1. The van der Waals surface area contributed by atoms with Crippen LogP contribution in [-0.2, 0) is 11.3 Å². The Morgan fingerprint density at radius 1 is 1.27 bits per heavy atom. The number of rotatable bonds is 4. The molecule has 4 rings (SSSR count). The van der Waals surface area contributed by atoms with Gasteiger partial charge in [-0.05, 0) is 29.9 Å². The molecule has 0 aliphatic carbocycles. The van der Waals surface area contributed by atoms with Gasteiger partial charge in [0.15, 0.2) is 0 Å². The van der Waals surface area contributed by atoms with Gasteiger partial charge >= 0.3 is 0 Å². The van der Waals surface area contributed by atoms with E-state index in [1.807, 2.05) is 29.6 Å². The van der Waals surface area contributed by atoms with E-state index < -0.39 is 0 Å². The van der Waals surface area contributed by atoms with Crippen molar-refractivity contribution in [2.75, 3.05) is 7.05 Å². The molecule has 1 amide bonds. The number of hydrogen-bond acceptors (Lipinski definition) is 5. The lowest BCUT2D eigenvalue weighted by Gasteiger charge is -2.21. The summed E-state index contributed by atoms with van der Waals surface area (Å²) in [5.74, 6) is 0.533. The van der Waals surface area contributed by atoms with Crippen LogP contribution in [0, 0.1) is 0 Å². The molecule has 7 heteroatoms. The molecular formula is C19H20N4O2S. The number of carbonyl (C=O) groups is 1. The molecule has 0 radical (unpaired) electrons. The molecule has 1 aromatic carbocycles. The highest BCUT2D eigenvalue weighted by Gasteiger charge is 2.31. The number of likely N-dealkylation sites (N-methyl/N-ethyl adjacent to an activating group) is 1. The van der Waals surface area contributed by atoms with Crippen molar-refractivity contribution in [3.05, 3.63) is 63.5 Å². The van der Waals surface area contributed by atoms with Gasteiger partial charge in [0.2, 0.25) is 5.91 Å². The van der Waals surface area contributed by atoms with E-state index in [1.165, 1.54) is 16.9 Å². The molecule has 3 heterocycles. The van der Waals surface area contributed by atoms with Crippen molar-refractivity contribution in [3.8, 4) is 0 Å². The molecule has 1 aliphatic heterocycles. The van der Waals surface area contributed by atoms with E-state index in [0.29, 0.717) is 16.0 Å². The minimum atomic E-state index is -0.207. The summed E-state index contributed by atoms with van der Waals surface area (Å²) in [5, 5.41) is 5.27. The van der Waals surface area contributed by atoms with Gasteiger partial charge in [-0.15, -0.1) is 11.3 Å². The second-order valence-electron chi connectivity index (χ2n) is 6.60. The largest absolute Gasteiger partial charge is 0.337 e. The van der Waals surface area contributed by atoms with Gasteiger partial charge in [-0.1, -0.05) is 30.3 Å². The maximum absolute atomic E-state index is 12.8. The third-order valence-electron chi connectivity index (χ3n) is 4.77. The van der Waals surface area contributed by atoms with Crippen LogP contribution < -0.4 is 10.9 Å². The van der Waals surface area contributed by atoms with Gasteiger partial charge in [-0.25, -0.2) is 4.98 Å². The van der Waals surface area contributed by atoms with Gasteiger partial charge in [0.1, 0.15) is 10.5 Å². The van der Waals surface area contributed by atoms with Crippen LogP contribution in [0.4, 0.5) is 0 Å². The fourth-order valence-corrected chi connectivity index (χ4v) is 4.18. The monoisotopic (exact) mass is 368 g/mol. The van der Waals surface area contributed by atoms with Crippen molar-refractivity contribution in [2.24, 2.45) is 0 Å². The maximum Gasteiger partial charge on any atom is 0.268 e. The van der Waals surface area contributed by atoms with E-state index in [1.54, 1.807) is 11.9 Å². The summed E-state index contributed by atoms with van der Waals surface area (Å²) < 4.78 is 0.617. The van der Waals surface area contributed by atoms with Gasteiger partial charge in [-0.3, -0.25) is 14.9 Å². The first-order valence-corrected chi connectivity index (χ1v) is 9.52. The summed E-state index contributed by atoms with van der Waals surface area (Å²) in [4.78, 5) is 33.7. The third-order valence-corrected chi connectivity index (χ3v) is 5.68. The summed E-state index contributed by atoms with van der Waals surface area (Å²) in [5.41, 5.74) is 1.74. The van der Waals surface area contributed by atoms with Crippen molar-refractivity contribution in [2.45, 2.75) is 31.5 Å².